The normalized spacial score (nSPS) is 18.7. The van der Waals surface area contributed by atoms with Gasteiger partial charge in [-0.3, -0.25) is 0 Å². The van der Waals surface area contributed by atoms with Gasteiger partial charge in [-0.25, -0.2) is 0 Å². The zero-order valence-corrected chi connectivity index (χ0v) is 7.22. The lowest BCUT2D eigenvalue weighted by atomic mass is 10.2. The van der Waals surface area contributed by atoms with E-state index in [0.29, 0.717) is 0 Å². The number of rotatable bonds is 2. The molecule has 60 valence electrons. The van der Waals surface area contributed by atoms with E-state index >= 15 is 0 Å². The van der Waals surface area contributed by atoms with Gasteiger partial charge in [0.1, 0.15) is 0 Å². The first-order valence-corrected chi connectivity index (χ1v) is 4.08. The molecule has 0 bridgehead atoms. The van der Waals surface area contributed by atoms with E-state index in [4.69, 9.17) is 0 Å². The summed E-state index contributed by atoms with van der Waals surface area (Å²) in [7, 11) is 0. The molecule has 0 aromatic carbocycles. The highest BCUT2D eigenvalue weighted by molar-refractivity contribution is 5.29. The predicted molar refractivity (Wildman–Crippen MR) is 49.3 cm³/mol. The Kier molecular flexibility index (Phi) is 2.96. The zero-order valence-electron chi connectivity index (χ0n) is 7.22. The average Bonchev–Trinajstić information content (AvgIpc) is 2.40. The van der Waals surface area contributed by atoms with E-state index in [2.05, 4.69) is 36.5 Å². The van der Waals surface area contributed by atoms with E-state index in [0.717, 1.165) is 13.0 Å². The first-order chi connectivity index (χ1) is 5.33. The lowest BCUT2D eigenvalue weighted by Crippen LogP contribution is -2.05. The molecule has 0 atom stereocenters. The highest BCUT2D eigenvalue weighted by Crippen LogP contribution is 2.06. The molecule has 0 amide bonds. The summed E-state index contributed by atoms with van der Waals surface area (Å²) < 4.78 is 0. The predicted octanol–water partition coefficient (Wildman–Crippen LogP) is 2.39. The van der Waals surface area contributed by atoms with Crippen molar-refractivity contribution in [2.75, 3.05) is 6.54 Å². The monoisotopic (exact) mass is 149 g/mol. The molecule has 0 aliphatic carbocycles. The fourth-order valence-electron chi connectivity index (χ4n) is 1.18. The maximum atomic E-state index is 3.30. The van der Waals surface area contributed by atoms with E-state index in [1.54, 1.807) is 0 Å². The van der Waals surface area contributed by atoms with Crippen molar-refractivity contribution in [2.45, 2.75) is 20.3 Å². The SMILES string of the molecule is C/C=C\C(C)=C/C1=CCCN1. The third-order valence-corrected chi connectivity index (χ3v) is 1.65. The molecule has 1 nitrogen and oxygen atoms in total. The summed E-state index contributed by atoms with van der Waals surface area (Å²) in [6, 6.07) is 0. The number of hydrogen-bond donors (Lipinski definition) is 1. The Balaban J connectivity index is 2.56. The van der Waals surface area contributed by atoms with Crippen LogP contribution in [0.4, 0.5) is 0 Å². The minimum absolute atomic E-state index is 1.09. The summed E-state index contributed by atoms with van der Waals surface area (Å²) in [4.78, 5) is 0. The second kappa shape index (κ2) is 4.02. The standard InChI is InChI=1S/C10H15N/c1-3-5-9(2)8-10-6-4-7-11-10/h3,5-6,8,11H,4,7H2,1-2H3/b5-3-,9-8-. The van der Waals surface area contributed by atoms with Crippen molar-refractivity contribution in [1.82, 2.24) is 5.32 Å². The molecule has 1 N–H and O–H groups in total. The third-order valence-electron chi connectivity index (χ3n) is 1.65. The van der Waals surface area contributed by atoms with E-state index < -0.39 is 0 Å². The molecule has 11 heavy (non-hydrogen) atoms. The quantitative estimate of drug-likeness (QED) is 0.594. The molecule has 0 aromatic rings. The van der Waals surface area contributed by atoms with Crippen LogP contribution in [0, 0.1) is 0 Å². The molecular formula is C10H15N. The number of allylic oxidation sites excluding steroid dienone is 4. The highest BCUT2D eigenvalue weighted by atomic mass is 14.9. The Labute approximate surface area is 68.5 Å². The van der Waals surface area contributed by atoms with Crippen molar-refractivity contribution in [1.29, 1.82) is 0 Å². The van der Waals surface area contributed by atoms with Crippen LogP contribution in [0.3, 0.4) is 0 Å². The molecule has 0 saturated carbocycles. The second-order valence-corrected chi connectivity index (χ2v) is 2.76. The van der Waals surface area contributed by atoms with Gasteiger partial charge in [-0.1, -0.05) is 18.2 Å². The Morgan fingerprint density at radius 3 is 3.00 bits per heavy atom. The fourth-order valence-corrected chi connectivity index (χ4v) is 1.18. The minimum Gasteiger partial charge on any atom is -0.385 e. The largest absolute Gasteiger partial charge is 0.385 e. The van der Waals surface area contributed by atoms with Crippen LogP contribution in [0.5, 0.6) is 0 Å². The zero-order chi connectivity index (χ0) is 8.10. The molecule has 0 unspecified atom stereocenters. The fraction of sp³-hybridized carbons (Fsp3) is 0.400. The maximum absolute atomic E-state index is 3.30. The van der Waals surface area contributed by atoms with Crippen molar-refractivity contribution < 1.29 is 0 Å². The van der Waals surface area contributed by atoms with Crippen LogP contribution >= 0.6 is 0 Å². The van der Waals surface area contributed by atoms with Gasteiger partial charge in [0.25, 0.3) is 0 Å². The molecule has 1 aliphatic heterocycles. The number of nitrogens with one attached hydrogen (secondary N) is 1. The van der Waals surface area contributed by atoms with Crippen LogP contribution in [0.2, 0.25) is 0 Å². The molecule has 1 aliphatic rings. The van der Waals surface area contributed by atoms with E-state index in [1.807, 2.05) is 6.92 Å². The minimum atomic E-state index is 1.09. The van der Waals surface area contributed by atoms with E-state index in [-0.39, 0.29) is 0 Å². The summed E-state index contributed by atoms with van der Waals surface area (Å²) >= 11 is 0. The molecule has 0 radical (unpaired) electrons. The van der Waals surface area contributed by atoms with Crippen molar-refractivity contribution in [2.24, 2.45) is 0 Å². The summed E-state index contributed by atoms with van der Waals surface area (Å²) in [6.07, 6.45) is 9.73. The summed E-state index contributed by atoms with van der Waals surface area (Å²) in [5.41, 5.74) is 2.56. The van der Waals surface area contributed by atoms with Crippen molar-refractivity contribution in [3.63, 3.8) is 0 Å². The molecular weight excluding hydrogens is 134 g/mol. The molecule has 0 spiro atoms. The lowest BCUT2D eigenvalue weighted by molar-refractivity contribution is 0.891. The van der Waals surface area contributed by atoms with Crippen LogP contribution in [0.25, 0.3) is 0 Å². The summed E-state index contributed by atoms with van der Waals surface area (Å²) in [6.45, 7) is 5.24. The smallest absolute Gasteiger partial charge is 0.0303 e. The molecule has 1 rings (SSSR count). The first kappa shape index (κ1) is 8.12. The van der Waals surface area contributed by atoms with Gasteiger partial charge in [0.15, 0.2) is 0 Å². The first-order valence-electron chi connectivity index (χ1n) is 4.08. The van der Waals surface area contributed by atoms with Crippen molar-refractivity contribution >= 4 is 0 Å². The van der Waals surface area contributed by atoms with Gasteiger partial charge in [0, 0.05) is 12.2 Å². The molecule has 0 saturated heterocycles. The van der Waals surface area contributed by atoms with Gasteiger partial charge >= 0.3 is 0 Å². The number of hydrogen-bond acceptors (Lipinski definition) is 1. The Bertz CT molecular complexity index is 209. The van der Waals surface area contributed by atoms with Gasteiger partial charge in [-0.05, 0) is 31.9 Å². The van der Waals surface area contributed by atoms with Gasteiger partial charge in [0.2, 0.25) is 0 Å². The summed E-state index contributed by atoms with van der Waals surface area (Å²) in [5, 5.41) is 3.30. The van der Waals surface area contributed by atoms with Crippen LogP contribution in [0.1, 0.15) is 20.3 Å². The van der Waals surface area contributed by atoms with Gasteiger partial charge in [-0.2, -0.15) is 0 Å². The second-order valence-electron chi connectivity index (χ2n) is 2.76. The maximum Gasteiger partial charge on any atom is 0.0303 e. The molecule has 0 aromatic heterocycles. The average molecular weight is 149 g/mol. The molecule has 0 fully saturated rings. The topological polar surface area (TPSA) is 12.0 Å². The molecule has 1 heteroatoms. The van der Waals surface area contributed by atoms with Crippen molar-refractivity contribution in [3.05, 3.63) is 35.6 Å². The van der Waals surface area contributed by atoms with Crippen LogP contribution in [-0.2, 0) is 0 Å². The van der Waals surface area contributed by atoms with E-state index in [1.165, 1.54) is 11.3 Å². The van der Waals surface area contributed by atoms with E-state index in [9.17, 15) is 0 Å². The third kappa shape index (κ3) is 2.62. The van der Waals surface area contributed by atoms with Crippen LogP contribution in [-0.4, -0.2) is 6.54 Å². The van der Waals surface area contributed by atoms with Gasteiger partial charge in [-0.15, -0.1) is 0 Å². The van der Waals surface area contributed by atoms with Gasteiger partial charge in [0.05, 0.1) is 0 Å². The van der Waals surface area contributed by atoms with Crippen LogP contribution in [0.15, 0.2) is 35.6 Å². The lowest BCUT2D eigenvalue weighted by Gasteiger charge is -1.97. The molecule has 1 heterocycles. The van der Waals surface area contributed by atoms with Crippen LogP contribution < -0.4 is 5.32 Å². The Hall–Kier alpha value is -0.980. The summed E-state index contributed by atoms with van der Waals surface area (Å²) in [5.74, 6) is 0. The highest BCUT2D eigenvalue weighted by Gasteiger charge is 1.97. The Morgan fingerprint density at radius 1 is 1.64 bits per heavy atom. The Morgan fingerprint density at radius 2 is 2.45 bits per heavy atom. The van der Waals surface area contributed by atoms with Crippen molar-refractivity contribution in [3.8, 4) is 0 Å². The van der Waals surface area contributed by atoms with Gasteiger partial charge < -0.3 is 5.32 Å².